The fourth-order valence-electron chi connectivity index (χ4n) is 3.33. The number of aromatic nitrogens is 3. The van der Waals surface area contributed by atoms with E-state index >= 15 is 0 Å². The minimum Gasteiger partial charge on any atom is -0.477 e. The molecule has 0 saturated carbocycles. The zero-order valence-electron chi connectivity index (χ0n) is 15.6. The lowest BCUT2D eigenvalue weighted by molar-refractivity contribution is -0.137. The number of nitrogens with zero attached hydrogens (tertiary/aromatic N) is 3. The van der Waals surface area contributed by atoms with E-state index in [0.29, 0.717) is 21.7 Å². The van der Waals surface area contributed by atoms with E-state index in [1.165, 1.54) is 22.8 Å². The summed E-state index contributed by atoms with van der Waals surface area (Å²) in [5, 5.41) is 23.7. The van der Waals surface area contributed by atoms with Gasteiger partial charge >= 0.3 is 12.1 Å². The van der Waals surface area contributed by atoms with E-state index in [9.17, 15) is 28.2 Å². The summed E-state index contributed by atoms with van der Waals surface area (Å²) in [5.41, 5.74) is 0.290. The predicted octanol–water partition coefficient (Wildman–Crippen LogP) is 4.93. The molecule has 0 aliphatic heterocycles. The average Bonchev–Trinajstić information content (AvgIpc) is 3.12. The van der Waals surface area contributed by atoms with Crippen LogP contribution in [0, 0.1) is 0 Å². The number of alkyl halides is 3. The molecular weight excluding hydrogens is 435 g/mol. The number of carbonyl (C=O) groups is 1. The van der Waals surface area contributed by atoms with Gasteiger partial charge in [0.15, 0.2) is 5.65 Å². The summed E-state index contributed by atoms with van der Waals surface area (Å²) in [5.74, 6) is -1.34. The highest BCUT2D eigenvalue weighted by Crippen LogP contribution is 2.38. The summed E-state index contributed by atoms with van der Waals surface area (Å²) in [7, 11) is 0. The highest BCUT2D eigenvalue weighted by molar-refractivity contribution is 6.33. The number of aromatic carboxylic acids is 1. The van der Waals surface area contributed by atoms with Crippen LogP contribution in [0.1, 0.15) is 21.6 Å². The van der Waals surface area contributed by atoms with E-state index in [4.69, 9.17) is 11.6 Å². The van der Waals surface area contributed by atoms with Crippen LogP contribution in [0.4, 0.5) is 13.2 Å². The molecule has 0 saturated heterocycles. The first kappa shape index (κ1) is 20.8. The third-order valence-electron chi connectivity index (χ3n) is 4.73. The van der Waals surface area contributed by atoms with Crippen molar-refractivity contribution >= 4 is 23.2 Å². The molecule has 2 heterocycles. The number of halogens is 4. The lowest BCUT2D eigenvalue weighted by Gasteiger charge is -2.14. The second kappa shape index (κ2) is 7.68. The maximum atomic E-state index is 13.0. The highest BCUT2D eigenvalue weighted by atomic mass is 35.5. The minimum atomic E-state index is -4.51. The number of carboxylic acid groups (broad SMARTS) is 1. The molecule has 0 unspecified atom stereocenters. The smallest absolute Gasteiger partial charge is 0.416 e. The molecule has 0 aliphatic carbocycles. The number of hydrogen-bond acceptors (Lipinski definition) is 4. The van der Waals surface area contributed by atoms with Gasteiger partial charge in [0.25, 0.3) is 0 Å². The summed E-state index contributed by atoms with van der Waals surface area (Å²) in [6, 6.07) is 11.2. The van der Waals surface area contributed by atoms with Crippen molar-refractivity contribution in [2.45, 2.75) is 12.8 Å². The van der Waals surface area contributed by atoms with Crippen molar-refractivity contribution in [2.75, 3.05) is 0 Å². The van der Waals surface area contributed by atoms with E-state index in [2.05, 4.69) is 10.1 Å². The number of hydrogen-bond donors (Lipinski definition) is 2. The van der Waals surface area contributed by atoms with E-state index in [0.717, 1.165) is 12.1 Å². The predicted molar refractivity (Wildman–Crippen MR) is 107 cm³/mol. The molecule has 2 aromatic carbocycles. The van der Waals surface area contributed by atoms with Crippen molar-refractivity contribution in [1.82, 2.24) is 14.6 Å². The topological polar surface area (TPSA) is 87.7 Å². The molecule has 4 aromatic rings. The third-order valence-corrected chi connectivity index (χ3v) is 5.06. The molecule has 0 atom stereocenters. The Labute approximate surface area is 178 Å². The fourth-order valence-corrected chi connectivity index (χ4v) is 3.57. The van der Waals surface area contributed by atoms with Crippen LogP contribution in [-0.2, 0) is 12.8 Å². The van der Waals surface area contributed by atoms with Gasteiger partial charge in [-0.2, -0.15) is 18.3 Å². The van der Waals surface area contributed by atoms with Gasteiger partial charge in [-0.3, -0.25) is 0 Å². The zero-order valence-corrected chi connectivity index (χ0v) is 16.3. The van der Waals surface area contributed by atoms with Crippen LogP contribution in [0.5, 0.6) is 0 Å². The van der Waals surface area contributed by atoms with Gasteiger partial charge in [0.05, 0.1) is 17.9 Å². The molecule has 10 heteroatoms. The van der Waals surface area contributed by atoms with Gasteiger partial charge in [-0.05, 0) is 18.2 Å². The van der Waals surface area contributed by atoms with Gasteiger partial charge < -0.3 is 10.2 Å². The van der Waals surface area contributed by atoms with Crippen LogP contribution in [0.3, 0.4) is 0 Å². The Kier molecular flexibility index (Phi) is 5.16. The number of benzene rings is 2. The van der Waals surface area contributed by atoms with E-state index in [1.807, 2.05) is 0 Å². The van der Waals surface area contributed by atoms with Crippen LogP contribution < -0.4 is 0 Å². The first-order valence-electron chi connectivity index (χ1n) is 8.89. The fraction of sp³-hybridized carbons (Fsp3) is 0.0952. The Balaban J connectivity index is 2.07. The molecule has 0 amide bonds. The number of carboxylic acids is 1. The molecule has 0 aliphatic rings. The van der Waals surface area contributed by atoms with Crippen molar-refractivity contribution in [3.63, 3.8) is 0 Å². The Morgan fingerprint density at radius 2 is 1.74 bits per heavy atom. The third kappa shape index (κ3) is 3.62. The molecule has 2 aromatic heterocycles. The largest absolute Gasteiger partial charge is 0.477 e. The first-order valence-corrected chi connectivity index (χ1v) is 9.27. The number of aliphatic hydroxyl groups is 1. The molecule has 0 fully saturated rings. The van der Waals surface area contributed by atoms with Gasteiger partial charge in [-0.1, -0.05) is 41.9 Å². The molecule has 31 heavy (non-hydrogen) atoms. The van der Waals surface area contributed by atoms with Crippen LogP contribution in [0.25, 0.3) is 28.0 Å². The summed E-state index contributed by atoms with van der Waals surface area (Å²) >= 11 is 6.33. The molecule has 4 rings (SSSR count). The van der Waals surface area contributed by atoms with Crippen molar-refractivity contribution in [2.24, 2.45) is 0 Å². The molecule has 2 N–H and O–H groups in total. The van der Waals surface area contributed by atoms with Crippen molar-refractivity contribution in [3.05, 3.63) is 76.6 Å². The Hall–Kier alpha value is -3.43. The van der Waals surface area contributed by atoms with E-state index in [-0.39, 0.29) is 22.6 Å². The van der Waals surface area contributed by atoms with Crippen molar-refractivity contribution in [3.8, 4) is 22.4 Å². The van der Waals surface area contributed by atoms with Crippen molar-refractivity contribution in [1.29, 1.82) is 0 Å². The normalized spacial score (nSPS) is 11.8. The van der Waals surface area contributed by atoms with Crippen LogP contribution in [0.15, 0.2) is 54.7 Å². The van der Waals surface area contributed by atoms with E-state index in [1.54, 1.807) is 24.3 Å². The number of rotatable bonds is 4. The van der Waals surface area contributed by atoms with E-state index < -0.39 is 24.3 Å². The van der Waals surface area contributed by atoms with Gasteiger partial charge in [-0.25, -0.2) is 14.3 Å². The zero-order chi connectivity index (χ0) is 22.3. The summed E-state index contributed by atoms with van der Waals surface area (Å²) in [6.07, 6.45) is -3.12. The van der Waals surface area contributed by atoms with Gasteiger partial charge in [0, 0.05) is 27.9 Å². The number of fused-ring (bicyclic) bond motifs is 1. The summed E-state index contributed by atoms with van der Waals surface area (Å²) < 4.78 is 40.3. The standard InChI is InChI=1S/C21H13ClF3N3O3/c22-15-4-2-1-3-13(15)14-9-26-19-17(20(30)31)16(10-29)27-28(19)18(14)11-5-7-12(8-6-11)21(23,24)25/h1-9,29H,10H2,(H,30,31). The lowest BCUT2D eigenvalue weighted by Crippen LogP contribution is -2.05. The Morgan fingerprint density at radius 3 is 2.32 bits per heavy atom. The summed E-state index contributed by atoms with van der Waals surface area (Å²) in [6.45, 7) is -0.654. The van der Waals surface area contributed by atoms with Crippen LogP contribution >= 0.6 is 11.6 Å². The van der Waals surface area contributed by atoms with Gasteiger partial charge in [-0.15, -0.1) is 0 Å². The second-order valence-electron chi connectivity index (χ2n) is 6.60. The maximum Gasteiger partial charge on any atom is 0.416 e. The minimum absolute atomic E-state index is 0.0535. The van der Waals surface area contributed by atoms with Gasteiger partial charge in [0.1, 0.15) is 11.3 Å². The van der Waals surface area contributed by atoms with Gasteiger partial charge in [0.2, 0.25) is 0 Å². The summed E-state index contributed by atoms with van der Waals surface area (Å²) in [4.78, 5) is 15.9. The molecular formula is C21H13ClF3N3O3. The number of aliphatic hydroxyl groups excluding tert-OH is 1. The Morgan fingerprint density at radius 1 is 1.06 bits per heavy atom. The molecule has 158 valence electrons. The molecule has 0 radical (unpaired) electrons. The van der Waals surface area contributed by atoms with Crippen molar-refractivity contribution < 1.29 is 28.2 Å². The van der Waals surface area contributed by atoms with Crippen LogP contribution in [0.2, 0.25) is 5.02 Å². The highest BCUT2D eigenvalue weighted by Gasteiger charge is 2.30. The lowest BCUT2D eigenvalue weighted by atomic mass is 9.99. The first-order chi connectivity index (χ1) is 14.7. The maximum absolute atomic E-state index is 13.0. The second-order valence-corrected chi connectivity index (χ2v) is 7.00. The molecule has 0 spiro atoms. The Bertz CT molecular complexity index is 1300. The SMILES string of the molecule is O=C(O)c1c(CO)nn2c(-c3ccc(C(F)(F)F)cc3)c(-c3ccccc3Cl)cnc12. The molecule has 6 nitrogen and oxygen atoms in total. The quantitative estimate of drug-likeness (QED) is 0.463. The molecule has 0 bridgehead atoms. The average molecular weight is 448 g/mol. The van der Waals surface area contributed by atoms with Crippen LogP contribution in [-0.4, -0.2) is 30.8 Å². The monoisotopic (exact) mass is 447 g/mol.